The molecule has 0 heterocycles. The van der Waals surface area contributed by atoms with Crippen molar-refractivity contribution in [3.8, 4) is 11.8 Å². The van der Waals surface area contributed by atoms with E-state index in [1.54, 1.807) is 12.1 Å². The van der Waals surface area contributed by atoms with E-state index in [1.165, 1.54) is 3.57 Å². The molecule has 2 aromatic rings. The van der Waals surface area contributed by atoms with Gasteiger partial charge in [0.05, 0.1) is 0 Å². The summed E-state index contributed by atoms with van der Waals surface area (Å²) in [5.74, 6) is 6.17. The van der Waals surface area contributed by atoms with Crippen LogP contribution in [0.4, 0.5) is 0 Å². The van der Waals surface area contributed by atoms with Crippen LogP contribution in [0.25, 0.3) is 0 Å². The van der Waals surface area contributed by atoms with E-state index in [0.29, 0.717) is 5.56 Å². The zero-order chi connectivity index (χ0) is 12.1. The fraction of sp³-hybridized carbons (Fsp3) is 0. The summed E-state index contributed by atoms with van der Waals surface area (Å²) in [6, 6.07) is 15.3. The first-order valence-corrected chi connectivity index (χ1v) is 6.18. The van der Waals surface area contributed by atoms with E-state index in [2.05, 4.69) is 34.4 Å². The Morgan fingerprint density at radius 3 is 2.29 bits per heavy atom. The van der Waals surface area contributed by atoms with Crippen LogP contribution in [-0.4, -0.2) is 6.29 Å². The second-order valence-electron chi connectivity index (χ2n) is 3.50. The Bertz CT molecular complexity index is 588. The minimum absolute atomic E-state index is 0.671. The van der Waals surface area contributed by atoms with Crippen molar-refractivity contribution in [3.05, 3.63) is 68.8 Å². The van der Waals surface area contributed by atoms with Gasteiger partial charge in [0.1, 0.15) is 6.29 Å². The molecule has 0 N–H and O–H groups in total. The Morgan fingerprint density at radius 2 is 1.65 bits per heavy atom. The molecular formula is C15H9IO. The lowest BCUT2D eigenvalue weighted by molar-refractivity contribution is 0.112. The van der Waals surface area contributed by atoms with Crippen molar-refractivity contribution in [2.24, 2.45) is 0 Å². The summed E-state index contributed by atoms with van der Waals surface area (Å²) in [4.78, 5) is 10.5. The van der Waals surface area contributed by atoms with Crippen molar-refractivity contribution >= 4 is 28.9 Å². The normalized spacial score (nSPS) is 9.24. The zero-order valence-corrected chi connectivity index (χ0v) is 11.1. The first-order chi connectivity index (χ1) is 8.28. The Labute approximate surface area is 114 Å². The number of rotatable bonds is 1. The molecule has 0 spiro atoms. The van der Waals surface area contributed by atoms with Gasteiger partial charge in [-0.05, 0) is 52.9 Å². The van der Waals surface area contributed by atoms with Crippen molar-refractivity contribution < 1.29 is 4.79 Å². The molecule has 0 aliphatic heterocycles. The Kier molecular flexibility index (Phi) is 3.94. The summed E-state index contributed by atoms with van der Waals surface area (Å²) in [7, 11) is 0. The van der Waals surface area contributed by atoms with Gasteiger partial charge in [-0.3, -0.25) is 4.79 Å². The number of carbonyl (C=O) groups is 1. The average molecular weight is 332 g/mol. The largest absolute Gasteiger partial charge is 0.298 e. The lowest BCUT2D eigenvalue weighted by atomic mass is 10.1. The van der Waals surface area contributed by atoms with Crippen LogP contribution in [0.5, 0.6) is 0 Å². The molecule has 17 heavy (non-hydrogen) atoms. The number of benzene rings is 2. The molecular weight excluding hydrogens is 323 g/mol. The van der Waals surface area contributed by atoms with Gasteiger partial charge in [-0.2, -0.15) is 0 Å². The van der Waals surface area contributed by atoms with Gasteiger partial charge >= 0.3 is 0 Å². The van der Waals surface area contributed by atoms with Gasteiger partial charge in [-0.1, -0.05) is 30.0 Å². The number of hydrogen-bond donors (Lipinski definition) is 0. The van der Waals surface area contributed by atoms with Crippen LogP contribution in [0.15, 0.2) is 48.5 Å². The lowest BCUT2D eigenvalue weighted by Gasteiger charge is -1.92. The highest BCUT2D eigenvalue weighted by Gasteiger charge is 1.90. The second-order valence-corrected chi connectivity index (χ2v) is 4.75. The van der Waals surface area contributed by atoms with Crippen LogP contribution in [0.3, 0.4) is 0 Å². The molecule has 0 radical (unpaired) electrons. The predicted molar refractivity (Wildman–Crippen MR) is 77.0 cm³/mol. The van der Waals surface area contributed by atoms with Crippen molar-refractivity contribution in [2.75, 3.05) is 0 Å². The maximum absolute atomic E-state index is 10.5. The minimum atomic E-state index is 0.671. The Balaban J connectivity index is 2.23. The van der Waals surface area contributed by atoms with Gasteiger partial charge < -0.3 is 0 Å². The molecule has 0 saturated heterocycles. The maximum atomic E-state index is 10.5. The molecule has 0 saturated carbocycles. The minimum Gasteiger partial charge on any atom is -0.298 e. The molecule has 0 aliphatic carbocycles. The molecule has 2 rings (SSSR count). The van der Waals surface area contributed by atoms with Gasteiger partial charge in [0, 0.05) is 20.3 Å². The molecule has 0 unspecified atom stereocenters. The third-order valence-corrected chi connectivity index (χ3v) is 2.89. The van der Waals surface area contributed by atoms with Crippen LogP contribution >= 0.6 is 22.6 Å². The third kappa shape index (κ3) is 3.43. The van der Waals surface area contributed by atoms with Gasteiger partial charge in [-0.25, -0.2) is 0 Å². The SMILES string of the molecule is O=Cc1ccc(C#Cc2cccc(I)c2)cc1. The molecule has 2 heteroatoms. The van der Waals surface area contributed by atoms with Crippen LogP contribution < -0.4 is 0 Å². The molecule has 2 aromatic carbocycles. The van der Waals surface area contributed by atoms with Crippen LogP contribution in [0.1, 0.15) is 21.5 Å². The molecule has 82 valence electrons. The van der Waals surface area contributed by atoms with Gasteiger partial charge in [0.15, 0.2) is 0 Å². The van der Waals surface area contributed by atoms with E-state index >= 15 is 0 Å². The highest BCUT2D eigenvalue weighted by molar-refractivity contribution is 14.1. The standard InChI is InChI=1S/C15H9IO/c16-15-3-1-2-13(10-15)7-4-12-5-8-14(11-17)9-6-12/h1-3,5-6,8-11H. The molecule has 0 fully saturated rings. The molecule has 0 bridgehead atoms. The van der Waals surface area contributed by atoms with E-state index in [0.717, 1.165) is 17.4 Å². The summed E-state index contributed by atoms with van der Waals surface area (Å²) in [5.41, 5.74) is 2.58. The highest BCUT2D eigenvalue weighted by Crippen LogP contribution is 2.07. The van der Waals surface area contributed by atoms with Crippen molar-refractivity contribution in [1.82, 2.24) is 0 Å². The summed E-state index contributed by atoms with van der Waals surface area (Å²) >= 11 is 2.26. The first-order valence-electron chi connectivity index (χ1n) is 5.11. The molecule has 0 aromatic heterocycles. The summed E-state index contributed by atoms with van der Waals surface area (Å²) in [6.45, 7) is 0. The van der Waals surface area contributed by atoms with E-state index in [9.17, 15) is 4.79 Å². The van der Waals surface area contributed by atoms with Gasteiger partial charge in [0.25, 0.3) is 0 Å². The summed E-state index contributed by atoms with van der Waals surface area (Å²) < 4.78 is 1.17. The molecule has 0 aliphatic rings. The molecule has 0 amide bonds. The molecule has 0 atom stereocenters. The number of hydrogen-bond acceptors (Lipinski definition) is 1. The zero-order valence-electron chi connectivity index (χ0n) is 8.98. The Hall–Kier alpha value is -1.60. The van der Waals surface area contributed by atoms with Crippen LogP contribution in [-0.2, 0) is 0 Å². The first kappa shape index (κ1) is 11.9. The number of aldehydes is 1. The van der Waals surface area contributed by atoms with Crippen LogP contribution in [0.2, 0.25) is 0 Å². The van der Waals surface area contributed by atoms with E-state index < -0.39 is 0 Å². The van der Waals surface area contributed by atoms with Gasteiger partial charge in [-0.15, -0.1) is 0 Å². The number of halogens is 1. The topological polar surface area (TPSA) is 17.1 Å². The fourth-order valence-corrected chi connectivity index (χ4v) is 1.90. The lowest BCUT2D eigenvalue weighted by Crippen LogP contribution is -1.80. The van der Waals surface area contributed by atoms with E-state index in [1.807, 2.05) is 36.4 Å². The van der Waals surface area contributed by atoms with E-state index in [-0.39, 0.29) is 0 Å². The van der Waals surface area contributed by atoms with Gasteiger partial charge in [0.2, 0.25) is 0 Å². The smallest absolute Gasteiger partial charge is 0.150 e. The summed E-state index contributed by atoms with van der Waals surface area (Å²) in [6.07, 6.45) is 0.830. The van der Waals surface area contributed by atoms with Crippen molar-refractivity contribution in [1.29, 1.82) is 0 Å². The summed E-state index contributed by atoms with van der Waals surface area (Å²) in [5, 5.41) is 0. The fourth-order valence-electron chi connectivity index (χ4n) is 1.36. The monoisotopic (exact) mass is 332 g/mol. The molecule has 1 nitrogen and oxygen atoms in total. The average Bonchev–Trinajstić information content (AvgIpc) is 2.37. The van der Waals surface area contributed by atoms with Crippen molar-refractivity contribution in [2.45, 2.75) is 0 Å². The van der Waals surface area contributed by atoms with Crippen LogP contribution in [0, 0.1) is 15.4 Å². The highest BCUT2D eigenvalue weighted by atomic mass is 127. The second kappa shape index (κ2) is 5.65. The van der Waals surface area contributed by atoms with E-state index in [4.69, 9.17) is 0 Å². The van der Waals surface area contributed by atoms with Crippen molar-refractivity contribution in [3.63, 3.8) is 0 Å². The maximum Gasteiger partial charge on any atom is 0.150 e. The third-order valence-electron chi connectivity index (χ3n) is 2.22. The Morgan fingerprint density at radius 1 is 0.941 bits per heavy atom. The quantitative estimate of drug-likeness (QED) is 0.444. The number of carbonyl (C=O) groups excluding carboxylic acids is 1. The predicted octanol–water partition coefficient (Wildman–Crippen LogP) is 3.50.